The minimum absolute atomic E-state index is 0.710. The highest BCUT2D eigenvalue weighted by Crippen LogP contribution is 2.25. The first-order chi connectivity index (χ1) is 40.5. The van der Waals surface area contributed by atoms with Gasteiger partial charge in [0.2, 0.25) is 0 Å². The third-order valence-corrected chi connectivity index (χ3v) is 15.4. The Bertz CT molecular complexity index is 2640. The van der Waals surface area contributed by atoms with Gasteiger partial charge in [-0.05, 0) is 74.2 Å². The average molecular weight is 1110 g/mol. The van der Waals surface area contributed by atoms with Gasteiger partial charge in [0.05, 0.1) is 47.6 Å². The highest BCUT2D eigenvalue weighted by atomic mass is 15.4. The molecule has 0 atom stereocenters. The minimum Gasteiger partial charge on any atom is -0.252 e. The van der Waals surface area contributed by atoms with Gasteiger partial charge in [0.25, 0.3) is 0 Å². The van der Waals surface area contributed by atoms with Crippen LogP contribution in [-0.4, -0.2) is 69.9 Å². The predicted molar refractivity (Wildman–Crippen MR) is 333 cm³/mol. The summed E-state index contributed by atoms with van der Waals surface area (Å²) in [6, 6.07) is 16.1. The smallest absolute Gasteiger partial charge is 0.131 e. The Morgan fingerprint density at radius 1 is 0.256 bits per heavy atom. The van der Waals surface area contributed by atoms with Crippen molar-refractivity contribution in [1.82, 2.24) is 69.9 Å². The molecule has 6 heterocycles. The van der Waals surface area contributed by atoms with E-state index in [2.05, 4.69) is 92.6 Å². The van der Waals surface area contributed by atoms with Gasteiger partial charge in [-0.15, -0.1) is 20.4 Å². The molecule has 0 aliphatic rings. The lowest BCUT2D eigenvalue weighted by Crippen LogP contribution is -1.98. The zero-order valence-electron chi connectivity index (χ0n) is 50.6. The molecule has 82 heavy (non-hydrogen) atoms. The summed E-state index contributed by atoms with van der Waals surface area (Å²) in [5.74, 6) is 13.7. The molecule has 0 aliphatic carbocycles. The fourth-order valence-electron chi connectivity index (χ4n) is 10.4. The molecule has 6 aromatic heterocycles. The molecular formula is C68H96N14. The Kier molecular flexibility index (Phi) is 28.6. The van der Waals surface area contributed by atoms with E-state index in [1.54, 1.807) is 0 Å². The van der Waals surface area contributed by atoms with E-state index in [1.165, 1.54) is 180 Å². The van der Waals surface area contributed by atoms with Crippen LogP contribution < -0.4 is 0 Å². The molecule has 0 aliphatic heterocycles. The molecular weight excluding hydrogens is 1010 g/mol. The summed E-state index contributed by atoms with van der Waals surface area (Å²) in [6.07, 6.45) is 48.5. The monoisotopic (exact) mass is 1110 g/mol. The van der Waals surface area contributed by atoms with Gasteiger partial charge >= 0.3 is 0 Å². The maximum Gasteiger partial charge on any atom is 0.131 e. The quantitative estimate of drug-likeness (QED) is 0.0268. The molecule has 0 saturated carbocycles. The number of benzene rings is 1. The Hall–Kier alpha value is -6.80. The Morgan fingerprint density at radius 3 is 0.695 bits per heavy atom. The van der Waals surface area contributed by atoms with E-state index in [0.717, 1.165) is 74.1 Å². The van der Waals surface area contributed by atoms with Crippen LogP contribution in [0.1, 0.15) is 255 Å². The van der Waals surface area contributed by atoms with E-state index in [-0.39, 0.29) is 0 Å². The van der Waals surface area contributed by atoms with Crippen LogP contribution in [0.5, 0.6) is 0 Å². The van der Waals surface area contributed by atoms with Crippen LogP contribution in [-0.2, 0) is 26.2 Å². The van der Waals surface area contributed by atoms with Crippen LogP contribution in [0.15, 0.2) is 73.3 Å². The third kappa shape index (κ3) is 22.9. The molecule has 0 radical (unpaired) electrons. The maximum absolute atomic E-state index is 5.07. The molecule has 7 rings (SSSR count). The topological polar surface area (TPSA) is 149 Å². The van der Waals surface area contributed by atoms with E-state index in [4.69, 9.17) is 9.97 Å². The summed E-state index contributed by atoms with van der Waals surface area (Å²) in [5, 5.41) is 36.4. The van der Waals surface area contributed by atoms with E-state index in [0.29, 0.717) is 45.6 Å². The molecule has 0 fully saturated rings. The van der Waals surface area contributed by atoms with E-state index < -0.39 is 0 Å². The molecule has 0 unspecified atom stereocenters. The van der Waals surface area contributed by atoms with Gasteiger partial charge in [0, 0.05) is 48.4 Å². The number of aryl methyl sites for hydroxylation is 4. The summed E-state index contributed by atoms with van der Waals surface area (Å²) < 4.78 is 7.78. The third-order valence-electron chi connectivity index (χ3n) is 15.4. The summed E-state index contributed by atoms with van der Waals surface area (Å²) in [4.78, 5) is 10.1. The summed E-state index contributed by atoms with van der Waals surface area (Å²) in [6.45, 7) is 12.4. The van der Waals surface area contributed by atoms with Crippen molar-refractivity contribution < 1.29 is 0 Å². The molecule has 0 amide bonds. The highest BCUT2D eigenvalue weighted by Gasteiger charge is 2.15. The van der Waals surface area contributed by atoms with Crippen molar-refractivity contribution in [3.63, 3.8) is 0 Å². The second kappa shape index (κ2) is 37.3. The van der Waals surface area contributed by atoms with E-state index >= 15 is 0 Å². The zero-order valence-corrected chi connectivity index (χ0v) is 50.6. The summed E-state index contributed by atoms with van der Waals surface area (Å²) in [7, 11) is 0. The predicted octanol–water partition coefficient (Wildman–Crippen LogP) is 16.9. The van der Waals surface area contributed by atoms with Gasteiger partial charge in [-0.3, -0.25) is 18.7 Å². The number of hydrogen-bond donors (Lipinski definition) is 0. The minimum atomic E-state index is 0.710. The average Bonchev–Trinajstić information content (AvgIpc) is 4.41. The largest absolute Gasteiger partial charge is 0.252 e. The van der Waals surface area contributed by atoms with Crippen LogP contribution in [0.3, 0.4) is 0 Å². The second-order valence-electron chi connectivity index (χ2n) is 22.7. The van der Waals surface area contributed by atoms with Crippen LogP contribution in [0.25, 0.3) is 45.6 Å². The number of aromatic nitrogens is 14. The van der Waals surface area contributed by atoms with Gasteiger partial charge in [-0.1, -0.05) is 252 Å². The molecule has 14 heteroatoms. The molecule has 1 aromatic carbocycles. The van der Waals surface area contributed by atoms with E-state index in [1.807, 2.05) is 92.0 Å². The Balaban J connectivity index is 1.05. The van der Waals surface area contributed by atoms with Crippen molar-refractivity contribution in [1.29, 1.82) is 0 Å². The molecule has 0 bridgehead atoms. The number of unbranched alkanes of at least 4 members (excludes halogenated alkanes) is 28. The van der Waals surface area contributed by atoms with Crippen molar-refractivity contribution in [3.8, 4) is 69.2 Å². The summed E-state index contributed by atoms with van der Waals surface area (Å²) >= 11 is 0. The molecule has 0 saturated heterocycles. The van der Waals surface area contributed by atoms with Crippen molar-refractivity contribution in [2.24, 2.45) is 0 Å². The maximum atomic E-state index is 5.07. The van der Waals surface area contributed by atoms with Crippen LogP contribution in [0, 0.1) is 23.7 Å². The van der Waals surface area contributed by atoms with Crippen molar-refractivity contribution >= 4 is 0 Å². The van der Waals surface area contributed by atoms with Gasteiger partial charge in [0.15, 0.2) is 0 Å². The molecule has 438 valence electrons. The fraction of sp³-hybridized carbons (Fsp3) is 0.588. The van der Waals surface area contributed by atoms with Gasteiger partial charge in [-0.2, -0.15) is 0 Å². The lowest BCUT2D eigenvalue weighted by Gasteiger charge is -2.03. The lowest BCUT2D eigenvalue weighted by atomic mass is 10.1. The Labute approximate surface area is 491 Å². The van der Waals surface area contributed by atoms with Gasteiger partial charge in [-0.25, -0.2) is 9.97 Å². The first-order valence-electron chi connectivity index (χ1n) is 32.3. The normalized spacial score (nSPS) is 11.3. The fourth-order valence-corrected chi connectivity index (χ4v) is 10.4. The summed E-state index contributed by atoms with van der Waals surface area (Å²) in [5.41, 5.74) is 9.07. The second-order valence-corrected chi connectivity index (χ2v) is 22.7. The number of nitrogens with zero attached hydrogens (tertiary/aromatic N) is 14. The van der Waals surface area contributed by atoms with Gasteiger partial charge in [0.1, 0.15) is 22.8 Å². The van der Waals surface area contributed by atoms with Crippen molar-refractivity contribution in [2.45, 2.75) is 259 Å². The van der Waals surface area contributed by atoms with Crippen LogP contribution >= 0.6 is 0 Å². The Morgan fingerprint density at radius 2 is 0.463 bits per heavy atom. The van der Waals surface area contributed by atoms with Gasteiger partial charge < -0.3 is 0 Å². The first-order valence-corrected chi connectivity index (χ1v) is 32.3. The number of hydrogen-bond acceptors (Lipinski definition) is 10. The highest BCUT2D eigenvalue weighted by molar-refractivity contribution is 5.66. The number of pyridine rings is 2. The molecule has 7 aromatic rings. The first kappa shape index (κ1) is 62.8. The molecule has 14 nitrogen and oxygen atoms in total. The van der Waals surface area contributed by atoms with E-state index in [9.17, 15) is 0 Å². The standard InChI is InChI=1S/C68H96N14/c1-5-9-13-17-21-25-29-33-45-79-53-65(71-75-79)61-49-59(50-62(69-61)66-54-80(76-72-66)46-34-30-26-22-18-14-10-6-2)43-41-57-37-39-58(40-38-57)42-44-60-51-63(67-55-81(77-73-67)47-35-31-27-23-19-15-11-7-3)70-64(52-60)68-56-82(78-74-68)48-36-32-28-24-20-16-12-8-4/h37-40,49-56H,5-36,45-48H2,1-4H3. The molecule has 0 N–H and O–H groups in total. The molecule has 0 spiro atoms. The SMILES string of the molecule is CCCCCCCCCCn1cc(-c2cc(C#Cc3ccc(C#Cc4cc(-c5cn(CCCCCCCCCC)nn5)nc(-c5cn(CCCCCCCCCC)nn5)c4)cc3)cc(-c3cn(CCCCCCCCCC)nn3)n2)nn1. The number of rotatable bonds is 40. The van der Waals surface area contributed by atoms with Crippen LogP contribution in [0.4, 0.5) is 0 Å². The zero-order chi connectivity index (χ0) is 57.1. The van der Waals surface area contributed by atoms with Crippen LogP contribution in [0.2, 0.25) is 0 Å². The van der Waals surface area contributed by atoms with Crippen molar-refractivity contribution in [3.05, 3.63) is 95.6 Å². The van der Waals surface area contributed by atoms with Crippen molar-refractivity contribution in [2.75, 3.05) is 0 Å². The lowest BCUT2D eigenvalue weighted by molar-refractivity contribution is 0.511.